The minimum atomic E-state index is -3.51. The Kier molecular flexibility index (Phi) is 5.20. The van der Waals surface area contributed by atoms with Crippen molar-refractivity contribution < 1.29 is 13.2 Å². The van der Waals surface area contributed by atoms with E-state index in [1.807, 2.05) is 13.0 Å². The van der Waals surface area contributed by atoms with Gasteiger partial charge in [0, 0.05) is 18.3 Å². The number of rotatable bonds is 5. The van der Waals surface area contributed by atoms with Crippen LogP contribution in [0.4, 0.5) is 5.69 Å². The van der Waals surface area contributed by atoms with E-state index in [4.69, 9.17) is 4.74 Å². The van der Waals surface area contributed by atoms with Gasteiger partial charge in [0.05, 0.1) is 24.6 Å². The molecule has 3 aromatic rings. The lowest BCUT2D eigenvalue weighted by molar-refractivity contribution is 0.345. The van der Waals surface area contributed by atoms with Crippen LogP contribution in [0.3, 0.4) is 0 Å². The molecule has 2 heterocycles. The molecule has 0 aliphatic carbocycles. The molecule has 0 saturated carbocycles. The number of pyridine rings is 1. The molecule has 0 radical (unpaired) electrons. The number of fused-ring (bicyclic) bond motifs is 1. The molecule has 29 heavy (non-hydrogen) atoms. The summed E-state index contributed by atoms with van der Waals surface area (Å²) in [5.41, 5.74) is 2.87. The normalized spacial score (nSPS) is 12.3. The number of nitrogens with zero attached hydrogens (tertiary/aromatic N) is 2. The van der Waals surface area contributed by atoms with Gasteiger partial charge in [0.25, 0.3) is 5.56 Å². The molecule has 0 aliphatic rings. The van der Waals surface area contributed by atoms with E-state index in [0.29, 0.717) is 23.3 Å². The van der Waals surface area contributed by atoms with Crippen LogP contribution in [0.1, 0.15) is 26.6 Å². The second-order valence-electron chi connectivity index (χ2n) is 8.36. The molecule has 1 aromatic carbocycles. The van der Waals surface area contributed by atoms with Gasteiger partial charge < -0.3 is 14.3 Å². The van der Waals surface area contributed by atoms with Crippen molar-refractivity contribution in [1.29, 1.82) is 0 Å². The van der Waals surface area contributed by atoms with Crippen LogP contribution in [0.15, 0.2) is 29.2 Å². The molecule has 0 fully saturated rings. The van der Waals surface area contributed by atoms with Crippen molar-refractivity contribution in [3.8, 4) is 16.9 Å². The third-order valence-corrected chi connectivity index (χ3v) is 4.99. The van der Waals surface area contributed by atoms with Gasteiger partial charge in [0.1, 0.15) is 11.3 Å². The summed E-state index contributed by atoms with van der Waals surface area (Å²) in [6, 6.07) is 5.29. The number of hydrogen-bond donors (Lipinski definition) is 2. The van der Waals surface area contributed by atoms with E-state index in [2.05, 4.69) is 40.0 Å². The van der Waals surface area contributed by atoms with E-state index < -0.39 is 10.0 Å². The summed E-state index contributed by atoms with van der Waals surface area (Å²) in [6.07, 6.45) is 2.68. The molecule has 2 N–H and O–H groups in total. The van der Waals surface area contributed by atoms with Crippen LogP contribution in [0.2, 0.25) is 0 Å². The summed E-state index contributed by atoms with van der Waals surface area (Å²) < 4.78 is 33.7. The van der Waals surface area contributed by atoms with Crippen molar-refractivity contribution in [1.82, 2.24) is 14.5 Å². The average molecular weight is 419 g/mol. The molecule has 0 bridgehead atoms. The monoisotopic (exact) mass is 418 g/mol. The third-order valence-electron chi connectivity index (χ3n) is 4.40. The van der Waals surface area contributed by atoms with Gasteiger partial charge >= 0.3 is 0 Å². The van der Waals surface area contributed by atoms with Crippen LogP contribution >= 0.6 is 0 Å². The van der Waals surface area contributed by atoms with Gasteiger partial charge in [0.2, 0.25) is 10.0 Å². The molecule has 0 aliphatic heterocycles. The summed E-state index contributed by atoms with van der Waals surface area (Å²) in [4.78, 5) is 19.1. The van der Waals surface area contributed by atoms with E-state index in [-0.39, 0.29) is 16.7 Å². The van der Waals surface area contributed by atoms with E-state index in [0.717, 1.165) is 23.2 Å². The Balaban J connectivity index is 2.31. The predicted molar refractivity (Wildman–Crippen MR) is 115 cm³/mol. The Hall–Kier alpha value is -2.81. The molecule has 9 heteroatoms. The van der Waals surface area contributed by atoms with E-state index in [9.17, 15) is 13.2 Å². The zero-order chi connectivity index (χ0) is 21.6. The van der Waals surface area contributed by atoms with Crippen LogP contribution in [-0.4, -0.2) is 36.3 Å². The molecule has 8 nitrogen and oxygen atoms in total. The van der Waals surface area contributed by atoms with Crippen molar-refractivity contribution in [2.45, 2.75) is 34.2 Å². The van der Waals surface area contributed by atoms with Gasteiger partial charge in [-0.15, -0.1) is 0 Å². The minimum Gasteiger partial charge on any atom is -0.491 e. The maximum atomic E-state index is 11.9. The lowest BCUT2D eigenvalue weighted by Crippen LogP contribution is -2.16. The lowest BCUT2D eigenvalue weighted by atomic mass is 9.96. The molecule has 0 saturated heterocycles. The topological polar surface area (TPSA) is 106 Å². The zero-order valence-electron chi connectivity index (χ0n) is 17.5. The Morgan fingerprint density at radius 1 is 1.21 bits per heavy atom. The smallest absolute Gasteiger partial charge is 0.290 e. The lowest BCUT2D eigenvalue weighted by Gasteiger charge is -2.21. The van der Waals surface area contributed by atoms with E-state index >= 15 is 0 Å². The molecule has 156 valence electrons. The largest absolute Gasteiger partial charge is 0.491 e. The zero-order valence-corrected chi connectivity index (χ0v) is 18.3. The number of aromatic nitrogens is 3. The highest BCUT2D eigenvalue weighted by atomic mass is 32.2. The fourth-order valence-electron chi connectivity index (χ4n) is 3.24. The number of H-pyrrole nitrogens is 1. The third kappa shape index (κ3) is 4.61. The minimum absolute atomic E-state index is 0.0000232. The number of methoxy groups -OCH3 is 1. The molecule has 0 amide bonds. The number of nitrogens with one attached hydrogen (secondary N) is 2. The second kappa shape index (κ2) is 7.22. The van der Waals surface area contributed by atoms with Crippen molar-refractivity contribution in [3.63, 3.8) is 0 Å². The van der Waals surface area contributed by atoms with Gasteiger partial charge in [-0.3, -0.25) is 9.52 Å². The maximum Gasteiger partial charge on any atom is 0.290 e. The molecular weight excluding hydrogens is 392 g/mol. The van der Waals surface area contributed by atoms with Crippen molar-refractivity contribution in [3.05, 3.63) is 40.6 Å². The number of anilines is 1. The van der Waals surface area contributed by atoms with Gasteiger partial charge in [-0.25, -0.2) is 13.4 Å². The molecule has 0 unspecified atom stereocenters. The number of aromatic amines is 1. The van der Waals surface area contributed by atoms with Crippen LogP contribution in [-0.2, 0) is 16.6 Å². The van der Waals surface area contributed by atoms with Gasteiger partial charge in [-0.2, -0.15) is 0 Å². The van der Waals surface area contributed by atoms with Crippen molar-refractivity contribution in [2.24, 2.45) is 5.41 Å². The summed E-state index contributed by atoms with van der Waals surface area (Å²) >= 11 is 0. The summed E-state index contributed by atoms with van der Waals surface area (Å²) in [6.45, 7) is 9.00. The number of imidazole rings is 1. The van der Waals surface area contributed by atoms with Crippen molar-refractivity contribution in [2.75, 3.05) is 18.1 Å². The van der Waals surface area contributed by atoms with Crippen LogP contribution < -0.4 is 15.0 Å². The Bertz CT molecular complexity index is 1230. The fraction of sp³-hybridized carbons (Fsp3) is 0.400. The van der Waals surface area contributed by atoms with E-state index in [1.54, 1.807) is 18.3 Å². The van der Waals surface area contributed by atoms with E-state index in [1.165, 1.54) is 7.11 Å². The number of benzene rings is 1. The van der Waals surface area contributed by atoms with Crippen LogP contribution in [0.25, 0.3) is 22.2 Å². The van der Waals surface area contributed by atoms with Crippen LogP contribution in [0, 0.1) is 12.3 Å². The SMILES string of the molecule is COc1cc(-c2cc(NS(C)(=O)=O)c3nc(C)n(CC(C)(C)C)c3c2)c[nH]c1=O. The van der Waals surface area contributed by atoms with Gasteiger partial charge in [0.15, 0.2) is 5.75 Å². The molecule has 0 spiro atoms. The Labute approximate surface area is 170 Å². The first kappa shape index (κ1) is 20.9. The molecular formula is C20H26N4O4S. The fourth-order valence-corrected chi connectivity index (χ4v) is 3.79. The van der Waals surface area contributed by atoms with Crippen LogP contribution in [0.5, 0.6) is 5.75 Å². The number of ether oxygens (including phenoxy) is 1. The summed E-state index contributed by atoms with van der Waals surface area (Å²) in [5, 5.41) is 0. The predicted octanol–water partition coefficient (Wildman–Crippen LogP) is 3.13. The first-order valence-corrected chi connectivity index (χ1v) is 11.0. The first-order valence-electron chi connectivity index (χ1n) is 9.14. The average Bonchev–Trinajstić information content (AvgIpc) is 2.89. The highest BCUT2D eigenvalue weighted by Crippen LogP contribution is 2.33. The number of sulfonamides is 1. The highest BCUT2D eigenvalue weighted by Gasteiger charge is 2.20. The highest BCUT2D eigenvalue weighted by molar-refractivity contribution is 7.92. The van der Waals surface area contributed by atoms with Gasteiger partial charge in [-0.05, 0) is 36.1 Å². The second-order valence-corrected chi connectivity index (χ2v) is 10.1. The Morgan fingerprint density at radius 2 is 1.90 bits per heavy atom. The van der Waals surface area contributed by atoms with Crippen molar-refractivity contribution >= 4 is 26.7 Å². The molecule has 2 aromatic heterocycles. The molecule has 0 atom stereocenters. The maximum absolute atomic E-state index is 11.9. The van der Waals surface area contributed by atoms with Gasteiger partial charge in [-0.1, -0.05) is 20.8 Å². The summed E-state index contributed by atoms with van der Waals surface area (Å²) in [5.74, 6) is 0.974. The number of aryl methyl sites for hydroxylation is 1. The summed E-state index contributed by atoms with van der Waals surface area (Å²) in [7, 11) is -2.08. The first-order chi connectivity index (χ1) is 13.4. The quantitative estimate of drug-likeness (QED) is 0.662. The molecule has 3 rings (SSSR count). The number of hydrogen-bond acceptors (Lipinski definition) is 5. The standard InChI is InChI=1S/C20H26N4O4S/c1-12-22-18-15(23-29(6,26)27)7-13(8-16(18)24(12)11-20(2,3)4)14-9-17(28-5)19(25)21-10-14/h7-10,23H,11H2,1-6H3,(H,21,25). The Morgan fingerprint density at radius 3 is 2.48 bits per heavy atom.